The maximum Gasteiger partial charge on any atom is 0.170 e. The zero-order chi connectivity index (χ0) is 22.2. The van der Waals surface area contributed by atoms with Crippen LogP contribution in [0.2, 0.25) is 0 Å². The van der Waals surface area contributed by atoms with Crippen molar-refractivity contribution in [2.45, 2.75) is 104 Å². The molecule has 0 aliphatic carbocycles. The summed E-state index contributed by atoms with van der Waals surface area (Å²) in [6.07, 6.45) is 20.8. The van der Waals surface area contributed by atoms with Gasteiger partial charge >= 0.3 is 0 Å². The van der Waals surface area contributed by atoms with Crippen LogP contribution in [0.25, 0.3) is 0 Å². The Morgan fingerprint density at radius 2 is 1.43 bits per heavy atom. The van der Waals surface area contributed by atoms with Gasteiger partial charge in [0.1, 0.15) is 22.8 Å². The molecular formula is C26H42O4. The first kappa shape index (κ1) is 26.1. The molecule has 0 spiro atoms. The highest BCUT2D eigenvalue weighted by molar-refractivity contribution is 6.02. The number of allylic oxidation sites excluding steroid dienone is 2. The number of aromatic hydroxyl groups is 2. The van der Waals surface area contributed by atoms with Gasteiger partial charge in [-0.1, -0.05) is 76.9 Å². The second-order valence-corrected chi connectivity index (χ2v) is 8.20. The van der Waals surface area contributed by atoms with Crippen LogP contribution >= 0.6 is 0 Å². The minimum absolute atomic E-state index is 0.0651. The number of unbranched alkanes of at least 4 members (excludes halogenated alkanes) is 11. The Labute approximate surface area is 183 Å². The normalized spacial score (nSPS) is 11.3. The SMILES string of the molecule is CCC/C=C\CCCCCCCCCCCCC(=O)c1c(OC)cc(O)c(C)c1O. The fourth-order valence-corrected chi connectivity index (χ4v) is 3.65. The Morgan fingerprint density at radius 3 is 2.00 bits per heavy atom. The highest BCUT2D eigenvalue weighted by atomic mass is 16.5. The van der Waals surface area contributed by atoms with Crippen LogP contribution in [0.3, 0.4) is 0 Å². The predicted octanol–water partition coefficient (Wildman–Crippen LogP) is 7.64. The van der Waals surface area contributed by atoms with Crippen LogP contribution in [-0.2, 0) is 0 Å². The second kappa shape index (κ2) is 15.8. The van der Waals surface area contributed by atoms with E-state index in [1.807, 2.05) is 0 Å². The molecule has 0 radical (unpaired) electrons. The third kappa shape index (κ3) is 9.69. The molecule has 0 heterocycles. The van der Waals surface area contributed by atoms with Crippen LogP contribution in [0, 0.1) is 6.92 Å². The largest absolute Gasteiger partial charge is 0.507 e. The van der Waals surface area contributed by atoms with Crippen molar-refractivity contribution in [1.82, 2.24) is 0 Å². The van der Waals surface area contributed by atoms with Crippen molar-refractivity contribution in [2.24, 2.45) is 0 Å². The van der Waals surface area contributed by atoms with Crippen LogP contribution < -0.4 is 4.74 Å². The molecule has 0 amide bonds. The molecule has 0 bridgehead atoms. The number of Topliss-reactive ketones (excluding diaryl/α,β-unsaturated/α-hetero) is 1. The van der Waals surface area contributed by atoms with E-state index in [2.05, 4.69) is 19.1 Å². The molecule has 1 aromatic carbocycles. The number of benzene rings is 1. The molecule has 170 valence electrons. The van der Waals surface area contributed by atoms with Crippen molar-refractivity contribution >= 4 is 5.78 Å². The Kier molecular flexibility index (Phi) is 13.7. The second-order valence-electron chi connectivity index (χ2n) is 8.20. The lowest BCUT2D eigenvalue weighted by Gasteiger charge is -2.13. The Morgan fingerprint density at radius 1 is 0.900 bits per heavy atom. The number of methoxy groups -OCH3 is 1. The van der Waals surface area contributed by atoms with Crippen molar-refractivity contribution < 1.29 is 19.7 Å². The number of phenolic OH excluding ortho intramolecular Hbond substituents is 2. The molecule has 2 N–H and O–H groups in total. The average Bonchev–Trinajstić information content (AvgIpc) is 2.74. The van der Waals surface area contributed by atoms with E-state index in [9.17, 15) is 15.0 Å². The number of phenols is 2. The van der Waals surface area contributed by atoms with Crippen molar-refractivity contribution in [3.05, 3.63) is 29.3 Å². The third-order valence-electron chi connectivity index (χ3n) is 5.64. The van der Waals surface area contributed by atoms with E-state index in [0.29, 0.717) is 12.0 Å². The minimum atomic E-state index is -0.172. The van der Waals surface area contributed by atoms with Crippen LogP contribution in [-0.4, -0.2) is 23.1 Å². The van der Waals surface area contributed by atoms with Gasteiger partial charge in [-0.25, -0.2) is 0 Å². The molecule has 1 rings (SSSR count). The summed E-state index contributed by atoms with van der Waals surface area (Å²) in [5.41, 5.74) is 0.501. The van der Waals surface area contributed by atoms with E-state index < -0.39 is 0 Å². The Bertz CT molecular complexity index is 649. The van der Waals surface area contributed by atoms with Gasteiger partial charge in [0, 0.05) is 18.1 Å². The molecule has 4 heteroatoms. The summed E-state index contributed by atoms with van der Waals surface area (Å²) in [5, 5.41) is 20.0. The van der Waals surface area contributed by atoms with E-state index in [1.165, 1.54) is 77.4 Å². The molecule has 0 fully saturated rings. The highest BCUT2D eigenvalue weighted by Crippen LogP contribution is 2.38. The third-order valence-corrected chi connectivity index (χ3v) is 5.64. The molecule has 0 atom stereocenters. The molecule has 0 aliphatic heterocycles. The van der Waals surface area contributed by atoms with Crippen LogP contribution in [0.1, 0.15) is 113 Å². The highest BCUT2D eigenvalue weighted by Gasteiger charge is 2.21. The summed E-state index contributed by atoms with van der Waals surface area (Å²) < 4.78 is 5.17. The average molecular weight is 419 g/mol. The lowest BCUT2D eigenvalue weighted by atomic mass is 9.99. The molecule has 0 saturated heterocycles. The quantitative estimate of drug-likeness (QED) is 0.155. The summed E-state index contributed by atoms with van der Waals surface area (Å²) in [5.74, 6) is -0.131. The first-order chi connectivity index (χ1) is 14.5. The van der Waals surface area contributed by atoms with Gasteiger partial charge in [-0.2, -0.15) is 0 Å². The van der Waals surface area contributed by atoms with Crippen molar-refractivity contribution in [1.29, 1.82) is 0 Å². The molecule has 1 aromatic rings. The van der Waals surface area contributed by atoms with Gasteiger partial charge in [-0.15, -0.1) is 0 Å². The number of ketones is 1. The first-order valence-corrected chi connectivity index (χ1v) is 11.8. The number of hydrogen-bond donors (Lipinski definition) is 2. The summed E-state index contributed by atoms with van der Waals surface area (Å²) >= 11 is 0. The Balaban J connectivity index is 2.10. The molecule has 4 nitrogen and oxygen atoms in total. The first-order valence-electron chi connectivity index (χ1n) is 11.8. The van der Waals surface area contributed by atoms with Gasteiger partial charge < -0.3 is 14.9 Å². The van der Waals surface area contributed by atoms with Gasteiger partial charge in [0.05, 0.1) is 7.11 Å². The smallest absolute Gasteiger partial charge is 0.170 e. The van der Waals surface area contributed by atoms with Crippen LogP contribution in [0.15, 0.2) is 18.2 Å². The number of ether oxygens (including phenoxy) is 1. The van der Waals surface area contributed by atoms with Gasteiger partial charge in [0.25, 0.3) is 0 Å². The summed E-state index contributed by atoms with van der Waals surface area (Å²) in [6, 6.07) is 1.39. The molecule has 0 saturated carbocycles. The van der Waals surface area contributed by atoms with Gasteiger partial charge in [-0.3, -0.25) is 4.79 Å². The summed E-state index contributed by atoms with van der Waals surface area (Å²) in [6.45, 7) is 3.80. The lowest BCUT2D eigenvalue weighted by Crippen LogP contribution is -2.04. The van der Waals surface area contributed by atoms with Gasteiger partial charge in [-0.05, 0) is 32.6 Å². The standard InChI is InChI=1S/C26H42O4/c1-4-5-6-7-8-9-10-11-12-13-14-15-16-17-18-19-22(27)25-24(30-3)20-23(28)21(2)26(25)29/h6-7,20,28-29H,4-5,8-19H2,1-3H3/b7-6-. The summed E-state index contributed by atoms with van der Waals surface area (Å²) in [4.78, 5) is 12.5. The lowest BCUT2D eigenvalue weighted by molar-refractivity contribution is 0.0973. The molecular weight excluding hydrogens is 376 g/mol. The number of rotatable bonds is 17. The fraction of sp³-hybridized carbons (Fsp3) is 0.654. The van der Waals surface area contributed by atoms with Crippen LogP contribution in [0.4, 0.5) is 0 Å². The van der Waals surface area contributed by atoms with E-state index in [1.54, 1.807) is 6.92 Å². The van der Waals surface area contributed by atoms with E-state index in [0.717, 1.165) is 19.3 Å². The van der Waals surface area contributed by atoms with Crippen LogP contribution in [0.5, 0.6) is 17.2 Å². The molecule has 30 heavy (non-hydrogen) atoms. The van der Waals surface area contributed by atoms with E-state index >= 15 is 0 Å². The molecule has 0 aliphatic rings. The van der Waals surface area contributed by atoms with Gasteiger partial charge in [0.2, 0.25) is 0 Å². The fourth-order valence-electron chi connectivity index (χ4n) is 3.65. The van der Waals surface area contributed by atoms with E-state index in [-0.39, 0.29) is 28.6 Å². The van der Waals surface area contributed by atoms with Crippen molar-refractivity contribution in [3.63, 3.8) is 0 Å². The molecule has 0 aromatic heterocycles. The number of carbonyl (C=O) groups is 1. The zero-order valence-corrected chi connectivity index (χ0v) is 19.3. The van der Waals surface area contributed by atoms with Gasteiger partial charge in [0.15, 0.2) is 5.78 Å². The zero-order valence-electron chi connectivity index (χ0n) is 19.3. The molecule has 0 unspecified atom stereocenters. The maximum atomic E-state index is 12.5. The van der Waals surface area contributed by atoms with Crippen molar-refractivity contribution in [3.8, 4) is 17.2 Å². The van der Waals surface area contributed by atoms with E-state index in [4.69, 9.17) is 4.74 Å². The minimum Gasteiger partial charge on any atom is -0.507 e. The number of carbonyl (C=O) groups excluding carboxylic acids is 1. The Hall–Kier alpha value is -1.97. The monoisotopic (exact) mass is 418 g/mol. The predicted molar refractivity (Wildman–Crippen MR) is 125 cm³/mol. The maximum absolute atomic E-state index is 12.5. The summed E-state index contributed by atoms with van der Waals surface area (Å²) in [7, 11) is 1.44. The number of hydrogen-bond acceptors (Lipinski definition) is 4. The van der Waals surface area contributed by atoms with Crippen molar-refractivity contribution in [2.75, 3.05) is 7.11 Å². The topological polar surface area (TPSA) is 66.8 Å².